The average molecular weight is 478 g/mol. The molecule has 1 atom stereocenters. The lowest BCUT2D eigenvalue weighted by molar-refractivity contribution is -0.385. The molecule has 0 amide bonds. The summed E-state index contributed by atoms with van der Waals surface area (Å²) in [7, 11) is -3.01. The largest absolute Gasteiger partial charge is 0.450 e. The molecule has 1 unspecified atom stereocenters. The molecular formula is C24H23N4O5P. The number of benzene rings is 2. The maximum Gasteiger partial charge on any atom is 0.346 e. The van der Waals surface area contributed by atoms with Crippen molar-refractivity contribution in [3.8, 4) is 22.8 Å². The molecule has 2 saturated heterocycles. The number of rotatable bonds is 8. The van der Waals surface area contributed by atoms with Gasteiger partial charge in [-0.25, -0.2) is 9.34 Å². The lowest BCUT2D eigenvalue weighted by Gasteiger charge is -2.24. The van der Waals surface area contributed by atoms with Crippen LogP contribution < -0.4 is 4.74 Å². The number of pyridine rings is 1. The van der Waals surface area contributed by atoms with Gasteiger partial charge in [-0.2, -0.15) is 0 Å². The van der Waals surface area contributed by atoms with Crippen molar-refractivity contribution in [3.63, 3.8) is 0 Å². The average Bonchev–Trinajstić information content (AvgIpc) is 3.77. The summed E-state index contributed by atoms with van der Waals surface area (Å²) in [5.41, 5.74) is 3.33. The standard InChI is InChI=1S/C24H23N4O5P/c29-28(30)22-15-18-6-9-23(33-34(31,26-11-12-26)27-13-14-27)20(18)16-24(22)32-19-7-4-17(5-8-19)21-3-1-2-10-25-21/h1-5,7-8,10,15-16,23H,6,9,11-14H2. The Kier molecular flexibility index (Phi) is 5.22. The second-order valence-corrected chi connectivity index (χ2v) is 11.0. The Morgan fingerprint density at radius 1 is 1.03 bits per heavy atom. The van der Waals surface area contributed by atoms with E-state index in [1.165, 1.54) is 0 Å². The highest BCUT2D eigenvalue weighted by Crippen LogP contribution is 2.64. The van der Waals surface area contributed by atoms with Crippen molar-refractivity contribution >= 4 is 13.4 Å². The van der Waals surface area contributed by atoms with Gasteiger partial charge in [0.15, 0.2) is 0 Å². The monoisotopic (exact) mass is 478 g/mol. The minimum Gasteiger partial charge on any atom is -0.450 e. The van der Waals surface area contributed by atoms with E-state index in [4.69, 9.17) is 9.26 Å². The van der Waals surface area contributed by atoms with Crippen LogP contribution in [-0.4, -0.2) is 45.4 Å². The van der Waals surface area contributed by atoms with E-state index in [1.807, 2.05) is 39.7 Å². The smallest absolute Gasteiger partial charge is 0.346 e. The molecule has 0 N–H and O–H groups in total. The normalized spacial score (nSPS) is 19.6. The Morgan fingerprint density at radius 2 is 1.76 bits per heavy atom. The van der Waals surface area contributed by atoms with E-state index in [1.54, 1.807) is 30.5 Å². The molecule has 2 aliphatic heterocycles. The summed E-state index contributed by atoms with van der Waals surface area (Å²) in [6.45, 7) is 3.10. The molecule has 9 nitrogen and oxygen atoms in total. The van der Waals surface area contributed by atoms with Crippen molar-refractivity contribution in [1.82, 2.24) is 14.3 Å². The van der Waals surface area contributed by atoms with Crippen molar-refractivity contribution in [3.05, 3.63) is 82.0 Å². The van der Waals surface area contributed by atoms with E-state index in [2.05, 4.69) is 4.98 Å². The second kappa shape index (κ2) is 8.29. The molecule has 0 spiro atoms. The van der Waals surface area contributed by atoms with E-state index in [-0.39, 0.29) is 17.5 Å². The zero-order valence-electron chi connectivity index (χ0n) is 18.4. The molecule has 34 heavy (non-hydrogen) atoms. The third-order valence-corrected chi connectivity index (χ3v) is 9.07. The van der Waals surface area contributed by atoms with Gasteiger partial charge in [0, 0.05) is 44.0 Å². The number of hydrogen-bond donors (Lipinski definition) is 0. The van der Waals surface area contributed by atoms with E-state index >= 15 is 0 Å². The lowest BCUT2D eigenvalue weighted by atomic mass is 10.1. The van der Waals surface area contributed by atoms with Crippen molar-refractivity contribution in [2.75, 3.05) is 26.2 Å². The van der Waals surface area contributed by atoms with Crippen LogP contribution in [0.15, 0.2) is 60.8 Å². The molecule has 1 aliphatic carbocycles. The summed E-state index contributed by atoms with van der Waals surface area (Å²) in [4.78, 5) is 15.7. The molecule has 174 valence electrons. The number of aromatic nitrogens is 1. The maximum absolute atomic E-state index is 13.5. The van der Waals surface area contributed by atoms with Crippen LogP contribution >= 0.6 is 7.67 Å². The topological polar surface area (TPSA) is 97.6 Å². The molecule has 2 fully saturated rings. The third kappa shape index (κ3) is 4.01. The Bertz CT molecular complexity index is 1280. The molecule has 0 saturated carbocycles. The van der Waals surface area contributed by atoms with Gasteiger partial charge in [0.25, 0.3) is 0 Å². The Morgan fingerprint density at radius 3 is 2.38 bits per heavy atom. The van der Waals surface area contributed by atoms with Gasteiger partial charge in [-0.15, -0.1) is 0 Å². The van der Waals surface area contributed by atoms with Crippen LogP contribution in [0.2, 0.25) is 0 Å². The van der Waals surface area contributed by atoms with Gasteiger partial charge in [0.1, 0.15) is 5.75 Å². The van der Waals surface area contributed by atoms with Crippen molar-refractivity contribution < 1.29 is 18.7 Å². The predicted molar refractivity (Wildman–Crippen MR) is 126 cm³/mol. The van der Waals surface area contributed by atoms with Crippen LogP contribution in [0.25, 0.3) is 11.3 Å². The minimum atomic E-state index is -3.01. The molecule has 2 aromatic carbocycles. The summed E-state index contributed by atoms with van der Waals surface area (Å²) in [6, 6.07) is 16.2. The van der Waals surface area contributed by atoms with Gasteiger partial charge in [-0.3, -0.25) is 24.2 Å². The zero-order chi connectivity index (χ0) is 23.3. The van der Waals surface area contributed by atoms with Crippen LogP contribution in [0.3, 0.4) is 0 Å². The van der Waals surface area contributed by atoms with Crippen molar-refractivity contribution in [2.45, 2.75) is 18.9 Å². The summed E-state index contributed by atoms with van der Waals surface area (Å²) >= 11 is 0. The number of hydrogen-bond acceptors (Lipinski definition) is 6. The Labute approximate surface area is 196 Å². The number of ether oxygens (including phenoxy) is 1. The van der Waals surface area contributed by atoms with Crippen molar-refractivity contribution in [1.29, 1.82) is 0 Å². The maximum atomic E-state index is 13.5. The number of nitro benzene ring substituents is 1. The quantitative estimate of drug-likeness (QED) is 0.189. The van der Waals surface area contributed by atoms with E-state index in [9.17, 15) is 14.7 Å². The highest BCUT2D eigenvalue weighted by Gasteiger charge is 2.51. The molecule has 3 heterocycles. The first-order valence-electron chi connectivity index (χ1n) is 11.3. The predicted octanol–water partition coefficient (Wildman–Crippen LogP) is 5.19. The van der Waals surface area contributed by atoms with Crippen LogP contribution in [0, 0.1) is 10.1 Å². The first-order chi connectivity index (χ1) is 16.5. The molecule has 6 rings (SSSR count). The van der Waals surface area contributed by atoms with Crippen LogP contribution in [0.1, 0.15) is 23.7 Å². The molecule has 0 bridgehead atoms. The van der Waals surface area contributed by atoms with Crippen LogP contribution in [0.4, 0.5) is 5.69 Å². The van der Waals surface area contributed by atoms with Gasteiger partial charge in [0.05, 0.1) is 16.7 Å². The molecular weight excluding hydrogens is 455 g/mol. The molecule has 1 aromatic heterocycles. The highest BCUT2D eigenvalue weighted by molar-refractivity contribution is 7.54. The number of nitro groups is 1. The lowest BCUT2D eigenvalue weighted by Crippen LogP contribution is -2.11. The van der Waals surface area contributed by atoms with Gasteiger partial charge < -0.3 is 4.74 Å². The Balaban J connectivity index is 1.28. The van der Waals surface area contributed by atoms with Crippen LogP contribution in [-0.2, 0) is 15.5 Å². The second-order valence-electron chi connectivity index (χ2n) is 8.65. The summed E-state index contributed by atoms with van der Waals surface area (Å²) in [5.74, 6) is 0.634. The first-order valence-corrected chi connectivity index (χ1v) is 12.8. The first kappa shape index (κ1) is 21.4. The van der Waals surface area contributed by atoms with Gasteiger partial charge in [0.2, 0.25) is 5.75 Å². The summed E-state index contributed by atoms with van der Waals surface area (Å²) in [6.07, 6.45) is 2.63. The van der Waals surface area contributed by atoms with Crippen LogP contribution in [0.5, 0.6) is 11.5 Å². The third-order valence-electron chi connectivity index (χ3n) is 6.31. The van der Waals surface area contributed by atoms with Crippen molar-refractivity contribution in [2.24, 2.45) is 0 Å². The SMILES string of the molecule is O=[N+]([O-])c1cc2c(cc1Oc1ccc(-c3ccccn3)cc1)C(OP(=O)(N1CC1)N1CC1)CC2. The molecule has 3 aromatic rings. The minimum absolute atomic E-state index is 0.0896. The summed E-state index contributed by atoms with van der Waals surface area (Å²) < 4.78 is 29.4. The van der Waals surface area contributed by atoms with E-state index < -0.39 is 12.6 Å². The molecule has 0 radical (unpaired) electrons. The molecule has 10 heteroatoms. The fraction of sp³-hybridized carbons (Fsp3) is 0.292. The van der Waals surface area contributed by atoms with Gasteiger partial charge >= 0.3 is 13.4 Å². The summed E-state index contributed by atoms with van der Waals surface area (Å²) in [5, 5.41) is 11.8. The van der Waals surface area contributed by atoms with E-state index in [0.717, 1.165) is 48.6 Å². The fourth-order valence-electron chi connectivity index (χ4n) is 4.35. The fourth-order valence-corrected chi connectivity index (χ4v) is 6.71. The van der Waals surface area contributed by atoms with Gasteiger partial charge in [-0.05, 0) is 66.4 Å². The number of aryl methyl sites for hydroxylation is 1. The molecule has 3 aliphatic rings. The Hall–Kier alpha value is -3.10. The highest BCUT2D eigenvalue weighted by atomic mass is 31.2. The van der Waals surface area contributed by atoms with E-state index in [0.29, 0.717) is 18.6 Å². The van der Waals surface area contributed by atoms with Gasteiger partial charge in [-0.1, -0.05) is 6.07 Å². The number of fused-ring (bicyclic) bond motifs is 1. The number of nitrogens with zero attached hydrogens (tertiary/aromatic N) is 4. The zero-order valence-corrected chi connectivity index (χ0v) is 19.3.